The van der Waals surface area contributed by atoms with Crippen molar-refractivity contribution in [3.05, 3.63) is 57.9 Å². The number of hydrogen-bond acceptors (Lipinski definition) is 4. The molecule has 0 amide bonds. The second-order valence-electron chi connectivity index (χ2n) is 4.05. The van der Waals surface area contributed by atoms with Gasteiger partial charge in [0.15, 0.2) is 11.6 Å². The molecule has 0 radical (unpaired) electrons. The highest BCUT2D eigenvalue weighted by atomic mass is 79.9. The lowest BCUT2D eigenvalue weighted by atomic mass is 10.2. The van der Waals surface area contributed by atoms with E-state index in [0.717, 1.165) is 0 Å². The Kier molecular flexibility index (Phi) is 4.74. The number of nitro groups is 1. The predicted molar refractivity (Wildman–Crippen MR) is 78.8 cm³/mol. The van der Waals surface area contributed by atoms with Crippen LogP contribution in [0.1, 0.15) is 5.56 Å². The van der Waals surface area contributed by atoms with E-state index >= 15 is 0 Å². The molecule has 21 heavy (non-hydrogen) atoms. The molecular formula is C14H11BrFNO4. The van der Waals surface area contributed by atoms with Gasteiger partial charge in [-0.05, 0) is 12.1 Å². The van der Waals surface area contributed by atoms with Crippen LogP contribution in [0.5, 0.6) is 17.2 Å². The maximum absolute atomic E-state index is 13.9. The van der Waals surface area contributed by atoms with Gasteiger partial charge in [-0.3, -0.25) is 10.1 Å². The number of halogens is 2. The molecule has 7 heteroatoms. The van der Waals surface area contributed by atoms with Crippen LogP contribution in [0.2, 0.25) is 0 Å². The van der Waals surface area contributed by atoms with Gasteiger partial charge in [0.25, 0.3) is 0 Å². The summed E-state index contributed by atoms with van der Waals surface area (Å²) in [7, 11) is 1.43. The SMILES string of the molecule is COc1ccc([N+](=O)[O-])c(Oc2c(F)cccc2CBr)c1. The minimum Gasteiger partial charge on any atom is -0.497 e. The molecule has 2 rings (SSSR count). The van der Waals surface area contributed by atoms with Crippen LogP contribution in [0.25, 0.3) is 0 Å². The van der Waals surface area contributed by atoms with Crippen LogP contribution in [0.4, 0.5) is 10.1 Å². The smallest absolute Gasteiger partial charge is 0.311 e. The van der Waals surface area contributed by atoms with E-state index in [1.807, 2.05) is 0 Å². The molecule has 2 aromatic carbocycles. The summed E-state index contributed by atoms with van der Waals surface area (Å²) < 4.78 is 24.3. The molecule has 0 unspecified atom stereocenters. The summed E-state index contributed by atoms with van der Waals surface area (Å²) in [6, 6.07) is 8.48. The first-order chi connectivity index (χ1) is 10.1. The lowest BCUT2D eigenvalue weighted by Crippen LogP contribution is -1.98. The Bertz CT molecular complexity index is 678. The normalized spacial score (nSPS) is 10.2. The number of rotatable bonds is 5. The highest BCUT2D eigenvalue weighted by molar-refractivity contribution is 9.08. The quantitative estimate of drug-likeness (QED) is 0.452. The minimum absolute atomic E-state index is 0.0503. The summed E-state index contributed by atoms with van der Waals surface area (Å²) in [6.45, 7) is 0. The molecule has 0 aromatic heterocycles. The van der Waals surface area contributed by atoms with Crippen molar-refractivity contribution < 1.29 is 18.8 Å². The average Bonchev–Trinajstić information content (AvgIpc) is 2.48. The molecule has 0 bridgehead atoms. The highest BCUT2D eigenvalue weighted by Gasteiger charge is 2.19. The number of benzene rings is 2. The third-order valence-electron chi connectivity index (χ3n) is 2.77. The standard InChI is InChI=1S/C14H11BrFNO4/c1-20-10-5-6-12(17(18)19)13(7-10)21-14-9(8-15)3-2-4-11(14)16/h2-7H,8H2,1H3. The number of para-hydroxylation sites is 1. The minimum atomic E-state index is -0.594. The molecule has 0 N–H and O–H groups in total. The van der Waals surface area contributed by atoms with E-state index in [-0.39, 0.29) is 17.2 Å². The summed E-state index contributed by atoms with van der Waals surface area (Å²) in [5.41, 5.74) is 0.284. The molecule has 0 spiro atoms. The fourth-order valence-electron chi connectivity index (χ4n) is 1.74. The third kappa shape index (κ3) is 3.30. The van der Waals surface area contributed by atoms with Gasteiger partial charge in [0.1, 0.15) is 5.75 Å². The Morgan fingerprint density at radius 2 is 2.10 bits per heavy atom. The van der Waals surface area contributed by atoms with Crippen LogP contribution in [0.15, 0.2) is 36.4 Å². The molecule has 2 aromatic rings. The molecule has 0 aliphatic heterocycles. The number of methoxy groups -OCH3 is 1. The molecule has 0 saturated carbocycles. The molecule has 5 nitrogen and oxygen atoms in total. The summed E-state index contributed by atoms with van der Waals surface area (Å²) in [4.78, 5) is 10.4. The summed E-state index contributed by atoms with van der Waals surface area (Å²) in [5, 5.41) is 11.4. The fourth-order valence-corrected chi connectivity index (χ4v) is 2.18. The molecule has 0 aliphatic carbocycles. The molecule has 0 saturated heterocycles. The summed E-state index contributed by atoms with van der Waals surface area (Å²) in [6.07, 6.45) is 0. The summed E-state index contributed by atoms with van der Waals surface area (Å²) >= 11 is 3.23. The van der Waals surface area contributed by atoms with Crippen LogP contribution in [-0.4, -0.2) is 12.0 Å². The zero-order valence-electron chi connectivity index (χ0n) is 11.0. The van der Waals surface area contributed by atoms with Gasteiger partial charge in [-0.15, -0.1) is 0 Å². The predicted octanol–water partition coefficient (Wildman–Crippen LogP) is 4.43. The second kappa shape index (κ2) is 6.53. The zero-order valence-corrected chi connectivity index (χ0v) is 12.6. The van der Waals surface area contributed by atoms with E-state index in [9.17, 15) is 14.5 Å². The van der Waals surface area contributed by atoms with Gasteiger partial charge in [-0.2, -0.15) is 0 Å². The first kappa shape index (κ1) is 15.2. The van der Waals surface area contributed by atoms with Gasteiger partial charge < -0.3 is 9.47 Å². The Morgan fingerprint density at radius 3 is 2.71 bits per heavy atom. The van der Waals surface area contributed by atoms with Crippen LogP contribution in [-0.2, 0) is 5.33 Å². The Labute approximate surface area is 128 Å². The van der Waals surface area contributed by atoms with Crippen molar-refractivity contribution in [2.24, 2.45) is 0 Å². The number of hydrogen-bond donors (Lipinski definition) is 0. The largest absolute Gasteiger partial charge is 0.497 e. The van der Waals surface area contributed by atoms with E-state index in [4.69, 9.17) is 9.47 Å². The molecule has 0 aliphatic rings. The van der Waals surface area contributed by atoms with Gasteiger partial charge in [0.05, 0.1) is 12.0 Å². The lowest BCUT2D eigenvalue weighted by molar-refractivity contribution is -0.385. The summed E-state index contributed by atoms with van der Waals surface area (Å²) in [5.74, 6) is -0.339. The Balaban J connectivity index is 2.50. The van der Waals surface area contributed by atoms with Crippen LogP contribution >= 0.6 is 15.9 Å². The van der Waals surface area contributed by atoms with Crippen molar-refractivity contribution in [3.8, 4) is 17.2 Å². The van der Waals surface area contributed by atoms with Crippen LogP contribution in [0, 0.1) is 15.9 Å². The second-order valence-corrected chi connectivity index (χ2v) is 4.62. The van der Waals surface area contributed by atoms with Gasteiger partial charge in [0.2, 0.25) is 5.75 Å². The first-order valence-electron chi connectivity index (χ1n) is 5.90. The molecule has 0 atom stereocenters. The van der Waals surface area contributed by atoms with Crippen molar-refractivity contribution in [2.75, 3.05) is 7.11 Å². The number of ether oxygens (including phenoxy) is 2. The number of alkyl halides is 1. The average molecular weight is 356 g/mol. The molecular weight excluding hydrogens is 345 g/mol. The van der Waals surface area contributed by atoms with E-state index < -0.39 is 10.7 Å². The van der Waals surface area contributed by atoms with Crippen molar-refractivity contribution in [1.29, 1.82) is 0 Å². The topological polar surface area (TPSA) is 61.6 Å². The number of nitrogens with zero attached hydrogens (tertiary/aromatic N) is 1. The Hall–Kier alpha value is -2.15. The molecule has 0 heterocycles. The first-order valence-corrected chi connectivity index (χ1v) is 7.02. The third-order valence-corrected chi connectivity index (χ3v) is 3.37. The van der Waals surface area contributed by atoms with Gasteiger partial charge >= 0.3 is 5.69 Å². The van der Waals surface area contributed by atoms with E-state index in [1.165, 1.54) is 31.4 Å². The maximum Gasteiger partial charge on any atom is 0.311 e. The number of nitro benzene ring substituents is 1. The fraction of sp³-hybridized carbons (Fsp3) is 0.143. The van der Waals surface area contributed by atoms with Crippen molar-refractivity contribution in [1.82, 2.24) is 0 Å². The zero-order chi connectivity index (χ0) is 15.4. The van der Waals surface area contributed by atoms with E-state index in [2.05, 4.69) is 15.9 Å². The van der Waals surface area contributed by atoms with E-state index in [0.29, 0.717) is 16.6 Å². The lowest BCUT2D eigenvalue weighted by Gasteiger charge is -2.11. The van der Waals surface area contributed by atoms with Crippen LogP contribution in [0.3, 0.4) is 0 Å². The van der Waals surface area contributed by atoms with Gasteiger partial charge in [-0.1, -0.05) is 28.1 Å². The maximum atomic E-state index is 13.9. The molecule has 110 valence electrons. The van der Waals surface area contributed by atoms with Crippen molar-refractivity contribution in [2.45, 2.75) is 5.33 Å². The highest BCUT2D eigenvalue weighted by Crippen LogP contribution is 2.37. The Morgan fingerprint density at radius 1 is 1.33 bits per heavy atom. The van der Waals surface area contributed by atoms with Crippen molar-refractivity contribution >= 4 is 21.6 Å². The van der Waals surface area contributed by atoms with Crippen LogP contribution < -0.4 is 9.47 Å². The van der Waals surface area contributed by atoms with Crippen molar-refractivity contribution in [3.63, 3.8) is 0 Å². The van der Waals surface area contributed by atoms with Gasteiger partial charge in [0, 0.05) is 23.0 Å². The van der Waals surface area contributed by atoms with Gasteiger partial charge in [-0.25, -0.2) is 4.39 Å². The molecule has 0 fully saturated rings. The van der Waals surface area contributed by atoms with E-state index in [1.54, 1.807) is 12.1 Å². The monoisotopic (exact) mass is 355 g/mol.